The van der Waals surface area contributed by atoms with Gasteiger partial charge in [0.25, 0.3) is 0 Å². The number of nitrogens with one attached hydrogen (secondary N) is 2. The molecule has 0 saturated carbocycles. The van der Waals surface area contributed by atoms with Crippen LogP contribution in [0.2, 0.25) is 0 Å². The quantitative estimate of drug-likeness (QED) is 0.635. The van der Waals surface area contributed by atoms with Gasteiger partial charge in [0.1, 0.15) is 11.6 Å². The summed E-state index contributed by atoms with van der Waals surface area (Å²) in [5, 5.41) is 19.5. The second-order valence-corrected chi connectivity index (χ2v) is 4.37. The number of benzene rings is 2. The van der Waals surface area contributed by atoms with Gasteiger partial charge in [-0.1, -0.05) is 30.3 Å². The molecule has 3 aromatic rings. The summed E-state index contributed by atoms with van der Waals surface area (Å²) in [4.78, 5) is 4.43. The molecule has 3 N–H and O–H groups in total. The van der Waals surface area contributed by atoms with Crippen molar-refractivity contribution in [2.45, 2.75) is 6.54 Å². The third kappa shape index (κ3) is 2.77. The molecule has 5 nitrogen and oxygen atoms in total. The molecule has 0 saturated heterocycles. The van der Waals surface area contributed by atoms with Gasteiger partial charge in [-0.05, 0) is 24.3 Å². The van der Waals surface area contributed by atoms with Crippen molar-refractivity contribution in [3.63, 3.8) is 0 Å². The first-order chi connectivity index (χ1) is 9.81. The molecule has 0 atom stereocenters. The summed E-state index contributed by atoms with van der Waals surface area (Å²) >= 11 is 0. The third-order valence-electron chi connectivity index (χ3n) is 2.89. The molecule has 0 bridgehead atoms. The molecule has 0 spiro atoms. The Bertz CT molecular complexity index is 677. The second-order valence-electron chi connectivity index (χ2n) is 4.37. The fraction of sp³-hybridized carbons (Fsp3) is 0.0667. The Hall–Kier alpha value is -2.82. The molecule has 5 heteroatoms. The van der Waals surface area contributed by atoms with Crippen LogP contribution in [-0.4, -0.2) is 20.3 Å². The van der Waals surface area contributed by atoms with Gasteiger partial charge in [0.15, 0.2) is 5.82 Å². The summed E-state index contributed by atoms with van der Waals surface area (Å²) in [6, 6.07) is 16.7. The van der Waals surface area contributed by atoms with Crippen LogP contribution in [0, 0.1) is 0 Å². The van der Waals surface area contributed by atoms with Crippen molar-refractivity contribution in [3.05, 3.63) is 60.4 Å². The lowest BCUT2D eigenvalue weighted by Crippen LogP contribution is -2.00. The molecule has 0 aliphatic heterocycles. The van der Waals surface area contributed by atoms with Gasteiger partial charge in [0.2, 0.25) is 0 Å². The maximum atomic E-state index is 9.22. The van der Waals surface area contributed by atoms with Gasteiger partial charge in [-0.15, -0.1) is 0 Å². The predicted octanol–water partition coefficient (Wildman–Crippen LogP) is 2.79. The van der Waals surface area contributed by atoms with Crippen LogP contribution >= 0.6 is 0 Å². The Morgan fingerprint density at radius 1 is 1.00 bits per heavy atom. The molecule has 2 aromatic carbocycles. The minimum atomic E-state index is 0.251. The van der Waals surface area contributed by atoms with E-state index < -0.39 is 0 Å². The summed E-state index contributed by atoms with van der Waals surface area (Å²) in [7, 11) is 0. The van der Waals surface area contributed by atoms with Crippen LogP contribution in [0.1, 0.15) is 5.82 Å². The van der Waals surface area contributed by atoms with E-state index in [0.717, 1.165) is 17.1 Å². The first kappa shape index (κ1) is 12.2. The van der Waals surface area contributed by atoms with Crippen molar-refractivity contribution in [1.29, 1.82) is 0 Å². The van der Waals surface area contributed by atoms with Gasteiger partial charge in [-0.25, -0.2) is 4.98 Å². The van der Waals surface area contributed by atoms with Gasteiger partial charge < -0.3 is 10.4 Å². The number of hydrogen-bond acceptors (Lipinski definition) is 4. The van der Waals surface area contributed by atoms with Crippen LogP contribution in [0.15, 0.2) is 54.6 Å². The van der Waals surface area contributed by atoms with Crippen molar-refractivity contribution in [3.8, 4) is 17.1 Å². The Labute approximate surface area is 116 Å². The number of hydrogen-bond donors (Lipinski definition) is 3. The normalized spacial score (nSPS) is 10.4. The van der Waals surface area contributed by atoms with Crippen LogP contribution in [0.5, 0.6) is 5.75 Å². The van der Waals surface area contributed by atoms with Crippen LogP contribution in [0.3, 0.4) is 0 Å². The van der Waals surface area contributed by atoms with E-state index in [1.54, 1.807) is 12.1 Å². The molecule has 3 rings (SSSR count). The van der Waals surface area contributed by atoms with E-state index in [9.17, 15) is 5.11 Å². The fourth-order valence-corrected chi connectivity index (χ4v) is 1.86. The number of phenolic OH excluding ortho intramolecular Hbond substituents is 1. The molecular formula is C15H14N4O. The highest BCUT2D eigenvalue weighted by Gasteiger charge is 2.04. The zero-order chi connectivity index (χ0) is 13.8. The molecule has 0 aliphatic rings. The standard InChI is InChI=1S/C15H14N4O/c20-13-8-6-12(7-9-13)16-10-14-17-15(19-18-14)11-4-2-1-3-5-11/h1-9,16,20H,10H2,(H,17,18,19). The molecule has 0 unspecified atom stereocenters. The number of anilines is 1. The highest BCUT2D eigenvalue weighted by Crippen LogP contribution is 2.16. The largest absolute Gasteiger partial charge is 0.508 e. The smallest absolute Gasteiger partial charge is 0.181 e. The summed E-state index contributed by atoms with van der Waals surface area (Å²) in [6.07, 6.45) is 0. The van der Waals surface area contributed by atoms with Crippen LogP contribution in [-0.2, 0) is 6.54 Å². The van der Waals surface area contributed by atoms with Crippen molar-refractivity contribution < 1.29 is 5.11 Å². The molecule has 0 aliphatic carbocycles. The van der Waals surface area contributed by atoms with Crippen LogP contribution in [0.4, 0.5) is 5.69 Å². The Balaban J connectivity index is 1.67. The molecule has 1 aromatic heterocycles. The first-order valence-corrected chi connectivity index (χ1v) is 6.31. The van der Waals surface area contributed by atoms with E-state index in [4.69, 9.17) is 0 Å². The lowest BCUT2D eigenvalue weighted by Gasteiger charge is -2.03. The fourth-order valence-electron chi connectivity index (χ4n) is 1.86. The predicted molar refractivity (Wildman–Crippen MR) is 77.3 cm³/mol. The minimum absolute atomic E-state index is 0.251. The molecule has 0 amide bonds. The van der Waals surface area contributed by atoms with Gasteiger partial charge in [0.05, 0.1) is 6.54 Å². The van der Waals surface area contributed by atoms with E-state index in [-0.39, 0.29) is 5.75 Å². The SMILES string of the molecule is Oc1ccc(NCc2nc(-c3ccccc3)n[nH]2)cc1. The Morgan fingerprint density at radius 2 is 1.75 bits per heavy atom. The number of aromatic amines is 1. The number of rotatable bonds is 4. The van der Waals surface area contributed by atoms with E-state index >= 15 is 0 Å². The monoisotopic (exact) mass is 266 g/mol. The highest BCUT2D eigenvalue weighted by molar-refractivity contribution is 5.54. The zero-order valence-electron chi connectivity index (χ0n) is 10.7. The molecular weight excluding hydrogens is 252 g/mol. The Kier molecular flexibility index (Phi) is 3.33. The minimum Gasteiger partial charge on any atom is -0.508 e. The third-order valence-corrected chi connectivity index (χ3v) is 2.89. The molecule has 1 heterocycles. The number of phenols is 1. The van der Waals surface area contributed by atoms with Gasteiger partial charge in [-0.3, -0.25) is 5.10 Å². The second kappa shape index (κ2) is 5.44. The Morgan fingerprint density at radius 3 is 2.50 bits per heavy atom. The van der Waals surface area contributed by atoms with E-state index in [0.29, 0.717) is 12.4 Å². The maximum Gasteiger partial charge on any atom is 0.181 e. The van der Waals surface area contributed by atoms with E-state index in [1.807, 2.05) is 42.5 Å². The number of aromatic hydroxyl groups is 1. The zero-order valence-corrected chi connectivity index (χ0v) is 10.7. The number of nitrogens with zero attached hydrogens (tertiary/aromatic N) is 2. The first-order valence-electron chi connectivity index (χ1n) is 6.31. The van der Waals surface area contributed by atoms with Crippen molar-refractivity contribution in [2.24, 2.45) is 0 Å². The number of H-pyrrole nitrogens is 1. The van der Waals surface area contributed by atoms with E-state index in [1.165, 1.54) is 0 Å². The van der Waals surface area contributed by atoms with Crippen molar-refractivity contribution >= 4 is 5.69 Å². The maximum absolute atomic E-state index is 9.22. The molecule has 20 heavy (non-hydrogen) atoms. The highest BCUT2D eigenvalue weighted by atomic mass is 16.3. The lowest BCUT2D eigenvalue weighted by atomic mass is 10.2. The summed E-state index contributed by atoms with van der Waals surface area (Å²) in [5.74, 6) is 1.70. The van der Waals surface area contributed by atoms with Gasteiger partial charge >= 0.3 is 0 Å². The number of aromatic nitrogens is 3. The van der Waals surface area contributed by atoms with Crippen LogP contribution < -0.4 is 5.32 Å². The van der Waals surface area contributed by atoms with E-state index in [2.05, 4.69) is 20.5 Å². The van der Waals surface area contributed by atoms with Crippen molar-refractivity contribution in [1.82, 2.24) is 15.2 Å². The molecule has 0 radical (unpaired) electrons. The summed E-state index contributed by atoms with van der Waals surface area (Å²) < 4.78 is 0. The van der Waals surface area contributed by atoms with Crippen molar-refractivity contribution in [2.75, 3.05) is 5.32 Å². The molecule has 0 fully saturated rings. The summed E-state index contributed by atoms with van der Waals surface area (Å²) in [6.45, 7) is 0.546. The van der Waals surface area contributed by atoms with Crippen LogP contribution in [0.25, 0.3) is 11.4 Å². The lowest BCUT2D eigenvalue weighted by molar-refractivity contribution is 0.475. The topological polar surface area (TPSA) is 73.8 Å². The average molecular weight is 266 g/mol. The van der Waals surface area contributed by atoms with Gasteiger partial charge in [0, 0.05) is 11.3 Å². The average Bonchev–Trinajstić information content (AvgIpc) is 2.97. The summed E-state index contributed by atoms with van der Waals surface area (Å²) in [5.41, 5.74) is 1.90. The van der Waals surface area contributed by atoms with Gasteiger partial charge in [-0.2, -0.15) is 5.10 Å². The molecule has 100 valence electrons.